The average Bonchev–Trinajstić information content (AvgIpc) is 3.07. The fourth-order valence-electron chi connectivity index (χ4n) is 2.69. The number of hydrogen-bond acceptors (Lipinski definition) is 4. The van der Waals surface area contributed by atoms with Gasteiger partial charge in [0.25, 0.3) is 0 Å². The fraction of sp³-hybridized carbons (Fsp3) is 0.786. The van der Waals surface area contributed by atoms with Gasteiger partial charge >= 0.3 is 0 Å². The fourth-order valence-corrected chi connectivity index (χ4v) is 2.69. The normalized spacial score (nSPS) is 19.4. The van der Waals surface area contributed by atoms with Crippen molar-refractivity contribution in [3.05, 3.63) is 18.0 Å². The molecule has 1 fully saturated rings. The van der Waals surface area contributed by atoms with Crippen molar-refractivity contribution in [1.29, 1.82) is 0 Å². The monoisotopic (exact) mass is 266 g/mol. The molecule has 0 aliphatic carbocycles. The number of nitrogens with zero attached hydrogens (tertiary/aromatic N) is 3. The van der Waals surface area contributed by atoms with Gasteiger partial charge < -0.3 is 10.1 Å². The Bertz CT molecular complexity index is 360. The number of hydrogen-bond donors (Lipinski definition) is 1. The molecule has 2 rings (SSSR count). The molecule has 1 saturated heterocycles. The first-order valence-corrected chi connectivity index (χ1v) is 7.29. The highest BCUT2D eigenvalue weighted by atomic mass is 16.5. The lowest BCUT2D eigenvalue weighted by Gasteiger charge is -2.25. The predicted octanol–water partition coefficient (Wildman–Crippen LogP) is 1.10. The minimum atomic E-state index is 0.634. The van der Waals surface area contributed by atoms with Crippen molar-refractivity contribution in [2.24, 2.45) is 0 Å². The van der Waals surface area contributed by atoms with Crippen LogP contribution in [-0.4, -0.2) is 54.1 Å². The number of aryl methyl sites for hydroxylation is 1. The van der Waals surface area contributed by atoms with Crippen molar-refractivity contribution < 1.29 is 4.74 Å². The van der Waals surface area contributed by atoms with Gasteiger partial charge in [-0.3, -0.25) is 9.58 Å². The molecule has 108 valence electrons. The molecule has 0 radical (unpaired) electrons. The third-order valence-corrected chi connectivity index (χ3v) is 3.74. The van der Waals surface area contributed by atoms with Gasteiger partial charge in [-0.1, -0.05) is 0 Å². The minimum absolute atomic E-state index is 0.634. The van der Waals surface area contributed by atoms with E-state index in [-0.39, 0.29) is 0 Å². The van der Waals surface area contributed by atoms with Gasteiger partial charge in [0.1, 0.15) is 0 Å². The number of nitrogens with one attached hydrogen (secondary N) is 1. The summed E-state index contributed by atoms with van der Waals surface area (Å²) in [5.74, 6) is 0. The van der Waals surface area contributed by atoms with E-state index in [0.29, 0.717) is 6.04 Å². The van der Waals surface area contributed by atoms with E-state index in [1.807, 2.05) is 6.20 Å². The molecular weight excluding hydrogens is 240 g/mol. The summed E-state index contributed by atoms with van der Waals surface area (Å²) in [6.45, 7) is 8.04. The van der Waals surface area contributed by atoms with Crippen LogP contribution in [0.1, 0.15) is 25.5 Å². The Morgan fingerprint density at radius 2 is 2.47 bits per heavy atom. The van der Waals surface area contributed by atoms with Gasteiger partial charge in [-0.05, 0) is 32.4 Å². The maximum atomic E-state index is 5.23. The Kier molecular flexibility index (Phi) is 5.82. The third-order valence-electron chi connectivity index (χ3n) is 3.74. The van der Waals surface area contributed by atoms with Crippen LogP contribution < -0.4 is 5.32 Å². The third kappa shape index (κ3) is 4.30. The van der Waals surface area contributed by atoms with Crippen molar-refractivity contribution in [1.82, 2.24) is 20.0 Å². The van der Waals surface area contributed by atoms with E-state index in [1.54, 1.807) is 7.11 Å². The summed E-state index contributed by atoms with van der Waals surface area (Å²) in [5, 5.41) is 7.91. The van der Waals surface area contributed by atoms with Crippen LogP contribution in [0.25, 0.3) is 0 Å². The number of aromatic nitrogens is 2. The number of methoxy groups -OCH3 is 1. The van der Waals surface area contributed by atoms with Crippen LogP contribution in [0.5, 0.6) is 0 Å². The summed E-state index contributed by atoms with van der Waals surface area (Å²) in [7, 11) is 1.77. The Labute approximate surface area is 115 Å². The van der Waals surface area contributed by atoms with E-state index < -0.39 is 0 Å². The van der Waals surface area contributed by atoms with Crippen LogP contribution in [0.3, 0.4) is 0 Å². The first kappa shape index (κ1) is 14.5. The zero-order valence-electron chi connectivity index (χ0n) is 12.1. The molecule has 1 aliphatic heterocycles. The van der Waals surface area contributed by atoms with E-state index in [2.05, 4.69) is 33.0 Å². The molecule has 0 spiro atoms. The molecule has 5 heteroatoms. The van der Waals surface area contributed by atoms with E-state index in [4.69, 9.17) is 4.74 Å². The maximum Gasteiger partial charge on any atom is 0.0589 e. The molecule has 0 amide bonds. The quantitative estimate of drug-likeness (QED) is 0.765. The second-order valence-corrected chi connectivity index (χ2v) is 5.16. The SMILES string of the molecule is CCn1nccc1CN(CCOC)CC1CCCN1. The highest BCUT2D eigenvalue weighted by molar-refractivity contribution is 5.00. The molecule has 1 aromatic rings. The van der Waals surface area contributed by atoms with E-state index in [9.17, 15) is 0 Å². The summed E-state index contributed by atoms with van der Waals surface area (Å²) >= 11 is 0. The van der Waals surface area contributed by atoms with Crippen LogP contribution in [0, 0.1) is 0 Å². The topological polar surface area (TPSA) is 42.3 Å². The van der Waals surface area contributed by atoms with Crippen molar-refractivity contribution >= 4 is 0 Å². The lowest BCUT2D eigenvalue weighted by Crippen LogP contribution is -2.39. The van der Waals surface area contributed by atoms with Crippen molar-refractivity contribution in [2.45, 2.75) is 38.9 Å². The van der Waals surface area contributed by atoms with Gasteiger partial charge in [0.05, 0.1) is 12.3 Å². The van der Waals surface area contributed by atoms with Crippen LogP contribution in [0.15, 0.2) is 12.3 Å². The molecule has 0 aromatic carbocycles. The molecule has 1 aromatic heterocycles. The lowest BCUT2D eigenvalue weighted by atomic mass is 10.2. The standard InChI is InChI=1S/C14H26N4O/c1-3-18-14(6-8-16-18)12-17(9-10-19-2)11-13-5-4-7-15-13/h6,8,13,15H,3-5,7,9-12H2,1-2H3. The molecule has 1 unspecified atom stereocenters. The maximum absolute atomic E-state index is 5.23. The molecule has 0 saturated carbocycles. The van der Waals surface area contributed by atoms with Crippen LogP contribution >= 0.6 is 0 Å². The molecule has 2 heterocycles. The van der Waals surface area contributed by atoms with Crippen molar-refractivity contribution in [2.75, 3.05) is 33.4 Å². The van der Waals surface area contributed by atoms with Crippen molar-refractivity contribution in [3.8, 4) is 0 Å². The average molecular weight is 266 g/mol. The van der Waals surface area contributed by atoms with Gasteiger partial charge in [0, 0.05) is 45.5 Å². The summed E-state index contributed by atoms with van der Waals surface area (Å²) in [6.07, 6.45) is 4.48. The Hall–Kier alpha value is -0.910. The van der Waals surface area contributed by atoms with Gasteiger partial charge in [-0.15, -0.1) is 0 Å². The highest BCUT2D eigenvalue weighted by Gasteiger charge is 2.18. The van der Waals surface area contributed by atoms with Gasteiger partial charge in [0.2, 0.25) is 0 Å². The second kappa shape index (κ2) is 7.62. The Balaban J connectivity index is 1.92. The predicted molar refractivity (Wildman–Crippen MR) is 76.1 cm³/mol. The molecule has 0 bridgehead atoms. The summed E-state index contributed by atoms with van der Waals surface area (Å²) in [6, 6.07) is 2.75. The first-order valence-electron chi connectivity index (χ1n) is 7.29. The molecule has 5 nitrogen and oxygen atoms in total. The van der Waals surface area contributed by atoms with Crippen molar-refractivity contribution in [3.63, 3.8) is 0 Å². The number of rotatable bonds is 8. The number of ether oxygens (including phenoxy) is 1. The van der Waals surface area contributed by atoms with Gasteiger partial charge in [-0.2, -0.15) is 5.10 Å². The zero-order chi connectivity index (χ0) is 13.5. The Morgan fingerprint density at radius 1 is 1.58 bits per heavy atom. The molecular formula is C14H26N4O. The highest BCUT2D eigenvalue weighted by Crippen LogP contribution is 2.10. The van der Waals surface area contributed by atoms with E-state index >= 15 is 0 Å². The summed E-state index contributed by atoms with van der Waals surface area (Å²) < 4.78 is 7.30. The molecule has 19 heavy (non-hydrogen) atoms. The molecule has 1 aliphatic rings. The van der Waals surface area contributed by atoms with Crippen LogP contribution in [0.2, 0.25) is 0 Å². The van der Waals surface area contributed by atoms with Crippen LogP contribution in [0.4, 0.5) is 0 Å². The van der Waals surface area contributed by atoms with E-state index in [0.717, 1.165) is 39.3 Å². The molecule has 1 N–H and O–H groups in total. The van der Waals surface area contributed by atoms with Gasteiger partial charge in [0.15, 0.2) is 0 Å². The lowest BCUT2D eigenvalue weighted by molar-refractivity contribution is 0.136. The zero-order valence-corrected chi connectivity index (χ0v) is 12.1. The second-order valence-electron chi connectivity index (χ2n) is 5.16. The minimum Gasteiger partial charge on any atom is -0.383 e. The first-order chi connectivity index (χ1) is 9.33. The molecule has 1 atom stereocenters. The van der Waals surface area contributed by atoms with Crippen LogP contribution in [-0.2, 0) is 17.8 Å². The smallest absolute Gasteiger partial charge is 0.0589 e. The Morgan fingerprint density at radius 3 is 3.16 bits per heavy atom. The largest absolute Gasteiger partial charge is 0.383 e. The van der Waals surface area contributed by atoms with E-state index in [1.165, 1.54) is 18.5 Å². The summed E-state index contributed by atoms with van der Waals surface area (Å²) in [5.41, 5.74) is 1.29. The summed E-state index contributed by atoms with van der Waals surface area (Å²) in [4.78, 5) is 2.47. The van der Waals surface area contributed by atoms with Gasteiger partial charge in [-0.25, -0.2) is 0 Å².